The molecule has 2 N–H and O–H groups in total. The van der Waals surface area contributed by atoms with Gasteiger partial charge in [-0.2, -0.15) is 5.10 Å². The van der Waals surface area contributed by atoms with Gasteiger partial charge in [-0.15, -0.1) is 0 Å². The molecule has 5 heterocycles. The van der Waals surface area contributed by atoms with Gasteiger partial charge in [-0.25, -0.2) is 24.1 Å². The summed E-state index contributed by atoms with van der Waals surface area (Å²) in [5.74, 6) is 0.740. The number of carbonyl (C=O) groups excluding carboxylic acids is 1. The molecule has 5 aromatic rings. The molecule has 1 amide bonds. The van der Waals surface area contributed by atoms with Crippen LogP contribution in [0.15, 0.2) is 48.9 Å². The van der Waals surface area contributed by atoms with Crippen molar-refractivity contribution in [2.75, 3.05) is 44.9 Å². The van der Waals surface area contributed by atoms with E-state index in [0.717, 1.165) is 24.5 Å². The summed E-state index contributed by atoms with van der Waals surface area (Å²) in [6, 6.07) is 8.25. The van der Waals surface area contributed by atoms with Gasteiger partial charge in [0.2, 0.25) is 0 Å². The molecule has 1 saturated heterocycles. The summed E-state index contributed by atoms with van der Waals surface area (Å²) >= 11 is 0. The molecule has 6 rings (SSSR count). The summed E-state index contributed by atoms with van der Waals surface area (Å²) in [6.07, 6.45) is 4.28. The van der Waals surface area contributed by atoms with Gasteiger partial charge in [-0.1, -0.05) is 6.07 Å². The van der Waals surface area contributed by atoms with Crippen LogP contribution >= 0.6 is 0 Å². The fourth-order valence-corrected chi connectivity index (χ4v) is 4.80. The van der Waals surface area contributed by atoms with Crippen LogP contribution in [0.5, 0.6) is 5.75 Å². The Kier molecular flexibility index (Phi) is 7.44. The van der Waals surface area contributed by atoms with Crippen molar-refractivity contribution in [1.29, 1.82) is 0 Å². The second-order valence-corrected chi connectivity index (χ2v) is 9.79. The average Bonchev–Trinajstić information content (AvgIpc) is 3.54. The highest BCUT2D eigenvalue weighted by atomic mass is 19.1. The maximum Gasteiger partial charge on any atom is 0.413 e. The first-order valence-electron chi connectivity index (χ1n) is 13.2. The van der Waals surface area contributed by atoms with Gasteiger partial charge >= 0.3 is 6.09 Å². The Morgan fingerprint density at radius 1 is 1.20 bits per heavy atom. The standard InChI is InChI=1S/C28H29FN8O4/c1-17(16-39-2)33-28(38)41-23-14-32-27-26(23)34-21(13-31-27)25-20-5-4-19(29)11-22(20)37(35-25)15-18-3-6-24(30-12-18)36-7-9-40-10-8-36/h3-6,11-14,17H,7-10,15-16H2,1-2H3,(H,31,32)(H,33,38)/t17-/m0/s1. The van der Waals surface area contributed by atoms with Crippen LogP contribution in [-0.4, -0.2) is 81.9 Å². The van der Waals surface area contributed by atoms with Crippen LogP contribution in [0.25, 0.3) is 33.5 Å². The number of nitrogens with one attached hydrogen (secondary N) is 2. The minimum absolute atomic E-state index is 0.220. The van der Waals surface area contributed by atoms with Crippen LogP contribution < -0.4 is 15.0 Å². The SMILES string of the molecule is COC[C@H](C)NC(=O)Oc1c[nH]c2ncc(-c3nn(Cc4ccc(N5CCOCC5)nc4)c4cc(F)ccc34)nc12. The van der Waals surface area contributed by atoms with Crippen LogP contribution in [0.4, 0.5) is 15.0 Å². The molecule has 0 saturated carbocycles. The molecule has 1 aliphatic rings. The fourth-order valence-electron chi connectivity index (χ4n) is 4.80. The summed E-state index contributed by atoms with van der Waals surface area (Å²) in [6.45, 7) is 5.50. The Morgan fingerprint density at radius 2 is 2.05 bits per heavy atom. The average molecular weight is 561 g/mol. The van der Waals surface area contributed by atoms with Gasteiger partial charge in [-0.3, -0.25) is 4.68 Å². The molecule has 13 heteroatoms. The van der Waals surface area contributed by atoms with Crippen LogP contribution in [0, 0.1) is 5.82 Å². The Bertz CT molecular complexity index is 1680. The number of hydrogen-bond donors (Lipinski definition) is 2. The van der Waals surface area contributed by atoms with E-state index in [9.17, 15) is 9.18 Å². The zero-order valence-electron chi connectivity index (χ0n) is 22.6. The quantitative estimate of drug-likeness (QED) is 0.293. The van der Waals surface area contributed by atoms with Gasteiger partial charge < -0.3 is 29.4 Å². The van der Waals surface area contributed by atoms with Crippen molar-refractivity contribution in [2.45, 2.75) is 19.5 Å². The van der Waals surface area contributed by atoms with Gasteiger partial charge in [0.05, 0.1) is 44.1 Å². The number of methoxy groups -OCH3 is 1. The summed E-state index contributed by atoms with van der Waals surface area (Å²) in [5, 5.41) is 8.20. The molecule has 0 radical (unpaired) electrons. The van der Waals surface area contributed by atoms with Crippen molar-refractivity contribution in [1.82, 2.24) is 35.0 Å². The number of H-pyrrole nitrogens is 1. The molecule has 0 aliphatic carbocycles. The molecular formula is C28H29FN8O4. The number of aromatic amines is 1. The molecule has 4 aromatic heterocycles. The predicted octanol–water partition coefficient (Wildman–Crippen LogP) is 3.52. The maximum absolute atomic E-state index is 14.3. The number of hydrogen-bond acceptors (Lipinski definition) is 9. The normalized spacial score (nSPS) is 14.5. The number of pyridine rings is 1. The number of aromatic nitrogens is 6. The van der Waals surface area contributed by atoms with Crippen LogP contribution in [0.3, 0.4) is 0 Å². The minimum Gasteiger partial charge on any atom is -0.406 e. The van der Waals surface area contributed by atoms with E-state index in [-0.39, 0.29) is 17.6 Å². The number of morpholine rings is 1. The van der Waals surface area contributed by atoms with E-state index in [1.165, 1.54) is 18.3 Å². The molecule has 1 aromatic carbocycles. The lowest BCUT2D eigenvalue weighted by atomic mass is 10.1. The third-order valence-corrected chi connectivity index (χ3v) is 6.76. The Morgan fingerprint density at radius 3 is 2.83 bits per heavy atom. The molecule has 0 spiro atoms. The Balaban J connectivity index is 1.29. The number of anilines is 1. The van der Waals surface area contributed by atoms with Crippen molar-refractivity contribution in [2.24, 2.45) is 0 Å². The molecule has 212 valence electrons. The van der Waals surface area contributed by atoms with Gasteiger partial charge in [0, 0.05) is 38.0 Å². The number of fused-ring (bicyclic) bond motifs is 2. The second kappa shape index (κ2) is 11.5. The highest BCUT2D eigenvalue weighted by Gasteiger charge is 2.19. The van der Waals surface area contributed by atoms with E-state index in [2.05, 4.69) is 25.2 Å². The van der Waals surface area contributed by atoms with Gasteiger partial charge in [-0.05, 0) is 36.8 Å². The predicted molar refractivity (Wildman–Crippen MR) is 149 cm³/mol. The van der Waals surface area contributed by atoms with E-state index < -0.39 is 6.09 Å². The first-order valence-corrected chi connectivity index (χ1v) is 13.2. The summed E-state index contributed by atoms with van der Waals surface area (Å²) in [5.41, 5.74) is 3.31. The molecule has 0 unspecified atom stereocenters. The van der Waals surface area contributed by atoms with E-state index in [1.807, 2.05) is 18.3 Å². The third-order valence-electron chi connectivity index (χ3n) is 6.76. The van der Waals surface area contributed by atoms with Crippen LogP contribution in [0.2, 0.25) is 0 Å². The molecule has 12 nitrogen and oxygen atoms in total. The number of ether oxygens (including phenoxy) is 3. The minimum atomic E-state index is -0.638. The number of benzene rings is 1. The molecular weight excluding hydrogens is 531 g/mol. The third kappa shape index (κ3) is 5.67. The molecule has 1 aliphatic heterocycles. The van der Waals surface area contributed by atoms with Gasteiger partial charge in [0.15, 0.2) is 16.9 Å². The summed E-state index contributed by atoms with van der Waals surface area (Å²) in [7, 11) is 1.55. The summed E-state index contributed by atoms with van der Waals surface area (Å²) < 4.78 is 32.0. The number of rotatable bonds is 8. The lowest BCUT2D eigenvalue weighted by molar-refractivity contribution is 0.122. The maximum atomic E-state index is 14.3. The number of halogens is 1. The lowest BCUT2D eigenvalue weighted by Crippen LogP contribution is -2.37. The lowest BCUT2D eigenvalue weighted by Gasteiger charge is -2.27. The number of nitrogens with zero attached hydrogens (tertiary/aromatic N) is 6. The van der Waals surface area contributed by atoms with Crippen molar-refractivity contribution in [3.63, 3.8) is 0 Å². The van der Waals surface area contributed by atoms with Crippen molar-refractivity contribution in [3.8, 4) is 17.1 Å². The summed E-state index contributed by atoms with van der Waals surface area (Å²) in [4.78, 5) is 31.3. The van der Waals surface area contributed by atoms with E-state index in [0.29, 0.717) is 59.8 Å². The first kappa shape index (κ1) is 26.6. The molecule has 0 bridgehead atoms. The van der Waals surface area contributed by atoms with E-state index in [1.54, 1.807) is 31.0 Å². The van der Waals surface area contributed by atoms with E-state index in [4.69, 9.17) is 24.3 Å². The van der Waals surface area contributed by atoms with Gasteiger partial charge in [0.1, 0.15) is 23.0 Å². The monoisotopic (exact) mass is 560 g/mol. The van der Waals surface area contributed by atoms with Gasteiger partial charge in [0.25, 0.3) is 0 Å². The number of carbonyl (C=O) groups is 1. The largest absolute Gasteiger partial charge is 0.413 e. The van der Waals surface area contributed by atoms with E-state index >= 15 is 0 Å². The topological polar surface area (TPSA) is 132 Å². The molecule has 1 fully saturated rings. The fraction of sp³-hybridized carbons (Fsp3) is 0.321. The number of amides is 1. The Hall–Kier alpha value is -4.62. The first-order chi connectivity index (χ1) is 20.0. The highest BCUT2D eigenvalue weighted by Crippen LogP contribution is 2.31. The van der Waals surface area contributed by atoms with Crippen LogP contribution in [-0.2, 0) is 16.0 Å². The second-order valence-electron chi connectivity index (χ2n) is 9.79. The zero-order chi connectivity index (χ0) is 28.3. The van der Waals surface area contributed by atoms with Crippen molar-refractivity contribution >= 4 is 34.0 Å². The van der Waals surface area contributed by atoms with Crippen molar-refractivity contribution < 1.29 is 23.4 Å². The highest BCUT2D eigenvalue weighted by molar-refractivity contribution is 5.94. The Labute approximate surface area is 234 Å². The smallest absolute Gasteiger partial charge is 0.406 e. The zero-order valence-corrected chi connectivity index (χ0v) is 22.6. The molecule has 1 atom stereocenters. The van der Waals surface area contributed by atoms with Crippen LogP contribution in [0.1, 0.15) is 12.5 Å². The molecule has 41 heavy (non-hydrogen) atoms. The van der Waals surface area contributed by atoms with Crippen molar-refractivity contribution in [3.05, 3.63) is 60.3 Å².